The normalized spacial score (nSPS) is 20.7. The first kappa shape index (κ1) is 25.2. The van der Waals surface area contributed by atoms with Crippen LogP contribution in [0, 0.1) is 6.92 Å². The quantitative estimate of drug-likeness (QED) is 0.484. The molecule has 1 saturated carbocycles. The zero-order valence-electron chi connectivity index (χ0n) is 20.3. The maximum atomic E-state index is 12.7. The average Bonchev–Trinajstić information content (AvgIpc) is 3.18. The molecule has 1 fully saturated rings. The number of aromatic nitrogens is 3. The van der Waals surface area contributed by atoms with Crippen molar-refractivity contribution in [2.24, 2.45) is 0 Å². The number of alkyl halides is 3. The average molecular weight is 495 g/mol. The van der Waals surface area contributed by atoms with Crippen LogP contribution in [0.3, 0.4) is 0 Å². The van der Waals surface area contributed by atoms with Crippen molar-refractivity contribution < 1.29 is 32.2 Å². The van der Waals surface area contributed by atoms with E-state index in [1.807, 2.05) is 27.7 Å². The van der Waals surface area contributed by atoms with E-state index >= 15 is 0 Å². The van der Waals surface area contributed by atoms with Gasteiger partial charge in [-0.25, -0.2) is 4.98 Å². The lowest BCUT2D eigenvalue weighted by Crippen LogP contribution is -2.53. The summed E-state index contributed by atoms with van der Waals surface area (Å²) in [6.07, 6.45) is -3.43. The van der Waals surface area contributed by atoms with Gasteiger partial charge < -0.3 is 24.3 Å². The predicted octanol–water partition coefficient (Wildman–Crippen LogP) is 4.78. The van der Waals surface area contributed by atoms with Gasteiger partial charge in [0.15, 0.2) is 6.61 Å². The highest BCUT2D eigenvalue weighted by Gasteiger charge is 2.43. The number of pyridine rings is 1. The molecule has 0 saturated heterocycles. The molecule has 1 aliphatic carbocycles. The molecule has 0 spiro atoms. The molecule has 8 nitrogen and oxygen atoms in total. The summed E-state index contributed by atoms with van der Waals surface area (Å²) in [6.45, 7) is 6.60. The number of nitrogens with one attached hydrogen (secondary N) is 1. The number of methoxy groups -OCH3 is 1. The fourth-order valence-electron chi connectivity index (χ4n) is 4.30. The van der Waals surface area contributed by atoms with Crippen LogP contribution in [0.2, 0.25) is 0 Å². The van der Waals surface area contributed by atoms with Gasteiger partial charge in [-0.3, -0.25) is 0 Å². The lowest BCUT2D eigenvalue weighted by Gasteiger charge is -2.42. The molecule has 3 aromatic rings. The van der Waals surface area contributed by atoms with Gasteiger partial charge in [0.05, 0.1) is 17.7 Å². The molecule has 190 valence electrons. The minimum absolute atomic E-state index is 0.0163. The third kappa shape index (κ3) is 5.67. The Morgan fingerprint density at radius 2 is 1.89 bits per heavy atom. The van der Waals surface area contributed by atoms with Gasteiger partial charge in [-0.2, -0.15) is 13.2 Å². The van der Waals surface area contributed by atoms with Crippen molar-refractivity contribution >= 4 is 16.9 Å². The number of benzene rings is 1. The van der Waals surface area contributed by atoms with Gasteiger partial charge in [0.25, 0.3) is 5.89 Å². The van der Waals surface area contributed by atoms with Crippen LogP contribution in [0.25, 0.3) is 22.5 Å². The maximum Gasteiger partial charge on any atom is 0.422 e. The van der Waals surface area contributed by atoms with Crippen LogP contribution in [-0.2, 0) is 10.2 Å². The number of fused-ring (bicyclic) bond motifs is 1. The Balaban J connectivity index is 1.63. The third-order valence-corrected chi connectivity index (χ3v) is 5.94. The first-order valence-corrected chi connectivity index (χ1v) is 11.2. The lowest BCUT2D eigenvalue weighted by molar-refractivity contribution is -0.153. The first-order valence-electron chi connectivity index (χ1n) is 11.2. The summed E-state index contributed by atoms with van der Waals surface area (Å²) < 4.78 is 54.0. The maximum absolute atomic E-state index is 12.7. The number of halogens is 3. The van der Waals surface area contributed by atoms with Crippen molar-refractivity contribution in [2.75, 3.05) is 25.6 Å². The van der Waals surface area contributed by atoms with Gasteiger partial charge in [-0.05, 0) is 54.5 Å². The molecular formula is C24H29F3N4O4. The Bertz CT molecular complexity index is 1210. The molecule has 35 heavy (non-hydrogen) atoms. The van der Waals surface area contributed by atoms with E-state index in [2.05, 4.69) is 15.5 Å². The highest BCUT2D eigenvalue weighted by molar-refractivity contribution is 5.89. The lowest BCUT2D eigenvalue weighted by atomic mass is 9.76. The van der Waals surface area contributed by atoms with E-state index in [4.69, 9.17) is 18.9 Å². The van der Waals surface area contributed by atoms with E-state index < -0.39 is 23.8 Å². The molecule has 1 aromatic carbocycles. The topological polar surface area (TPSA) is 103 Å². The monoisotopic (exact) mass is 494 g/mol. The van der Waals surface area contributed by atoms with Crippen LogP contribution in [0.4, 0.5) is 19.2 Å². The highest BCUT2D eigenvalue weighted by Crippen LogP contribution is 2.37. The van der Waals surface area contributed by atoms with Crippen molar-refractivity contribution in [1.29, 1.82) is 0 Å². The van der Waals surface area contributed by atoms with Crippen molar-refractivity contribution in [3.63, 3.8) is 0 Å². The number of nitrogens with zero attached hydrogens (tertiary/aromatic N) is 3. The summed E-state index contributed by atoms with van der Waals surface area (Å²) in [7, 11) is 1.54. The number of anilines is 1. The Morgan fingerprint density at radius 1 is 1.17 bits per heavy atom. The van der Waals surface area contributed by atoms with E-state index in [-0.39, 0.29) is 30.3 Å². The Kier molecular flexibility index (Phi) is 6.43. The molecule has 2 N–H and O–H groups in total. The van der Waals surface area contributed by atoms with E-state index in [1.165, 1.54) is 0 Å². The van der Waals surface area contributed by atoms with Gasteiger partial charge in [0, 0.05) is 18.5 Å². The summed E-state index contributed by atoms with van der Waals surface area (Å²) in [5, 5.41) is 22.2. The third-order valence-electron chi connectivity index (χ3n) is 5.94. The molecule has 4 rings (SSSR count). The predicted molar refractivity (Wildman–Crippen MR) is 123 cm³/mol. The largest absolute Gasteiger partial charge is 0.484 e. The second-order valence-corrected chi connectivity index (χ2v) is 10.2. The second kappa shape index (κ2) is 8.94. The molecule has 0 radical (unpaired) electrons. The number of hydrogen-bond donors (Lipinski definition) is 2. The number of ether oxygens (including phenoxy) is 2. The Morgan fingerprint density at radius 3 is 2.51 bits per heavy atom. The van der Waals surface area contributed by atoms with Crippen LogP contribution < -0.4 is 10.1 Å². The van der Waals surface area contributed by atoms with Gasteiger partial charge in [-0.1, -0.05) is 25.9 Å². The van der Waals surface area contributed by atoms with Gasteiger partial charge in [-0.15, -0.1) is 5.10 Å². The molecule has 0 atom stereocenters. The van der Waals surface area contributed by atoms with Gasteiger partial charge in [0.1, 0.15) is 11.4 Å². The molecule has 0 amide bonds. The molecule has 2 aromatic heterocycles. The smallest absolute Gasteiger partial charge is 0.422 e. The number of hydrogen-bond acceptors (Lipinski definition) is 8. The summed E-state index contributed by atoms with van der Waals surface area (Å²) in [6, 6.07) is 5.12. The van der Waals surface area contributed by atoms with Crippen molar-refractivity contribution in [3.05, 3.63) is 29.3 Å². The number of rotatable bonds is 7. The molecule has 2 heterocycles. The van der Waals surface area contributed by atoms with E-state index in [9.17, 15) is 18.3 Å². The first-order chi connectivity index (χ1) is 16.3. The SMILES string of the molecule is COC[C@]1(O)C[C@H](Nc2nnc(-c3cc(C)c4cc(OCC(F)(F)F)cc(C(C)(C)C)c4n3)o2)C1. The molecule has 0 aliphatic heterocycles. The highest BCUT2D eigenvalue weighted by atomic mass is 19.4. The van der Waals surface area contributed by atoms with Crippen molar-refractivity contribution in [3.8, 4) is 17.3 Å². The Hall–Kier alpha value is -2.92. The standard InChI is InChI=1S/C24H29F3N4O4/c1-13-6-18(20-30-31-21(35-20)28-14-9-23(32,10-14)11-33-5)29-19-16(13)7-15(34-12-24(25,26)27)8-17(19)22(2,3)4/h6-8,14,32H,9-12H2,1-5H3,(H,28,31)/t14-,23-. The van der Waals surface area contributed by atoms with E-state index in [0.29, 0.717) is 29.4 Å². The van der Waals surface area contributed by atoms with Crippen LogP contribution in [0.5, 0.6) is 5.75 Å². The zero-order chi connectivity index (χ0) is 25.6. The minimum Gasteiger partial charge on any atom is -0.484 e. The molecule has 0 unspecified atom stereocenters. The number of aliphatic hydroxyl groups is 1. The zero-order valence-corrected chi connectivity index (χ0v) is 20.3. The van der Waals surface area contributed by atoms with Gasteiger partial charge >= 0.3 is 12.2 Å². The van der Waals surface area contributed by atoms with Crippen molar-refractivity contribution in [2.45, 2.75) is 63.8 Å². The number of aryl methyl sites for hydroxylation is 1. The van der Waals surface area contributed by atoms with Crippen molar-refractivity contribution in [1.82, 2.24) is 15.2 Å². The molecular weight excluding hydrogens is 465 g/mol. The van der Waals surface area contributed by atoms with Crippen LogP contribution in [0.15, 0.2) is 22.6 Å². The van der Waals surface area contributed by atoms with Crippen LogP contribution in [-0.4, -0.2) is 58.4 Å². The Labute approximate surface area is 200 Å². The summed E-state index contributed by atoms with van der Waals surface area (Å²) in [4.78, 5) is 4.74. The molecule has 1 aliphatic rings. The fraction of sp³-hybridized carbons (Fsp3) is 0.542. The van der Waals surface area contributed by atoms with Gasteiger partial charge in [0.2, 0.25) is 0 Å². The fourth-order valence-corrected chi connectivity index (χ4v) is 4.30. The molecule has 0 bridgehead atoms. The molecule has 11 heteroatoms. The van der Waals surface area contributed by atoms with Crippen LogP contribution in [0.1, 0.15) is 44.7 Å². The van der Waals surface area contributed by atoms with Crippen LogP contribution >= 0.6 is 0 Å². The summed E-state index contributed by atoms with van der Waals surface area (Å²) in [5.41, 5.74) is 1.33. The van der Waals surface area contributed by atoms with E-state index in [0.717, 1.165) is 11.1 Å². The summed E-state index contributed by atoms with van der Waals surface area (Å²) >= 11 is 0. The summed E-state index contributed by atoms with van der Waals surface area (Å²) in [5.74, 6) is 0.344. The second-order valence-electron chi connectivity index (χ2n) is 10.2. The minimum atomic E-state index is -4.43. The van der Waals surface area contributed by atoms with E-state index in [1.54, 1.807) is 25.3 Å².